The first-order valence-electron chi connectivity index (χ1n) is 9.85. The van der Waals surface area contributed by atoms with E-state index in [1.54, 1.807) is 18.2 Å². The predicted octanol–water partition coefficient (Wildman–Crippen LogP) is 4.87. The Morgan fingerprint density at radius 2 is 2.08 bits per heavy atom. The monoisotopic (exact) mass is 330 g/mol. The van der Waals surface area contributed by atoms with Crippen LogP contribution in [0.15, 0.2) is 18.2 Å². The van der Waals surface area contributed by atoms with Crippen LogP contribution in [0.3, 0.4) is 0 Å². The maximum absolute atomic E-state index is 9.61. The first-order chi connectivity index (χ1) is 11.6. The van der Waals surface area contributed by atoms with E-state index in [1.165, 1.54) is 50.5 Å². The van der Waals surface area contributed by atoms with E-state index in [9.17, 15) is 5.11 Å². The number of aliphatic hydroxyl groups is 1. The molecule has 2 aliphatic rings. The first kappa shape index (κ1) is 17.9. The van der Waals surface area contributed by atoms with E-state index < -0.39 is 0 Å². The molecule has 1 aromatic carbocycles. The third-order valence-corrected chi connectivity index (χ3v) is 6.46. The van der Waals surface area contributed by atoms with Crippen LogP contribution in [0, 0.1) is 11.3 Å². The summed E-state index contributed by atoms with van der Waals surface area (Å²) in [5.74, 6) is 1.52. The van der Waals surface area contributed by atoms with Crippen LogP contribution in [0.5, 0.6) is 0 Å². The van der Waals surface area contributed by atoms with Gasteiger partial charge in [0.1, 0.15) is 0 Å². The molecule has 1 aromatic rings. The minimum Gasteiger partial charge on any atom is -0.396 e. The maximum Gasteiger partial charge on any atom is 0.0484 e. The topological polar surface area (TPSA) is 29.5 Å². The fraction of sp³-hybridized carbons (Fsp3) is 0.727. The summed E-state index contributed by atoms with van der Waals surface area (Å²) >= 11 is 0. The van der Waals surface area contributed by atoms with Crippen molar-refractivity contribution in [2.75, 3.05) is 20.3 Å². The zero-order chi connectivity index (χ0) is 17.0. The molecule has 0 radical (unpaired) electrons. The lowest BCUT2D eigenvalue weighted by Gasteiger charge is -2.26. The van der Waals surface area contributed by atoms with Gasteiger partial charge >= 0.3 is 0 Å². The molecule has 134 valence electrons. The van der Waals surface area contributed by atoms with E-state index in [2.05, 4.69) is 25.1 Å². The maximum atomic E-state index is 9.61. The van der Waals surface area contributed by atoms with Gasteiger partial charge in [-0.2, -0.15) is 0 Å². The van der Waals surface area contributed by atoms with Crippen molar-refractivity contribution in [2.45, 2.75) is 70.6 Å². The quantitative estimate of drug-likeness (QED) is 0.722. The normalized spacial score (nSPS) is 29.6. The lowest BCUT2D eigenvalue weighted by molar-refractivity contribution is 0.147. The molecule has 2 heteroatoms. The number of methoxy groups -OCH3 is 1. The van der Waals surface area contributed by atoms with Crippen LogP contribution < -0.4 is 0 Å². The van der Waals surface area contributed by atoms with E-state index in [0.29, 0.717) is 12.5 Å². The van der Waals surface area contributed by atoms with Crippen LogP contribution in [0.25, 0.3) is 0 Å². The van der Waals surface area contributed by atoms with Gasteiger partial charge in [-0.25, -0.2) is 0 Å². The van der Waals surface area contributed by atoms with Gasteiger partial charge in [0.25, 0.3) is 0 Å². The minimum absolute atomic E-state index is 0.147. The second-order valence-electron chi connectivity index (χ2n) is 8.53. The SMILES string of the molecule is COCCCCC1CCc2cc([C@H]3CC[C@](C)(CO)C3)ccc2C1. The molecule has 2 nitrogen and oxygen atoms in total. The number of benzene rings is 1. The molecule has 1 fully saturated rings. The molecule has 1 N–H and O–H groups in total. The lowest BCUT2D eigenvalue weighted by Crippen LogP contribution is -2.17. The van der Waals surface area contributed by atoms with E-state index in [-0.39, 0.29) is 5.41 Å². The van der Waals surface area contributed by atoms with E-state index in [0.717, 1.165) is 25.4 Å². The van der Waals surface area contributed by atoms with Gasteiger partial charge in [0.2, 0.25) is 0 Å². The molecule has 3 atom stereocenters. The summed E-state index contributed by atoms with van der Waals surface area (Å²) in [4.78, 5) is 0. The Kier molecular flexibility index (Phi) is 5.99. The lowest BCUT2D eigenvalue weighted by atomic mass is 9.79. The van der Waals surface area contributed by atoms with Gasteiger partial charge in [0, 0.05) is 20.3 Å². The standard InChI is InChI=1S/C22H34O2/c1-22(16-23)11-10-21(15-22)20-9-8-18-13-17(5-3-4-12-24-2)6-7-19(18)14-20/h8-9,14,17,21,23H,3-7,10-13,15-16H2,1-2H3/t17?,21-,22-/m0/s1. The van der Waals surface area contributed by atoms with Gasteiger partial charge < -0.3 is 9.84 Å². The van der Waals surface area contributed by atoms with E-state index in [4.69, 9.17) is 4.74 Å². The average Bonchev–Trinajstić information content (AvgIpc) is 3.01. The number of hydrogen-bond donors (Lipinski definition) is 1. The molecular weight excluding hydrogens is 296 g/mol. The highest BCUT2D eigenvalue weighted by molar-refractivity contribution is 5.36. The number of fused-ring (bicyclic) bond motifs is 1. The summed E-state index contributed by atoms with van der Waals surface area (Å²) in [6.45, 7) is 3.47. The molecule has 0 aliphatic heterocycles. The summed E-state index contributed by atoms with van der Waals surface area (Å²) in [5.41, 5.74) is 4.85. The van der Waals surface area contributed by atoms with Gasteiger partial charge in [-0.1, -0.05) is 38.0 Å². The highest BCUT2D eigenvalue weighted by atomic mass is 16.5. The van der Waals surface area contributed by atoms with Gasteiger partial charge in [-0.15, -0.1) is 0 Å². The zero-order valence-electron chi connectivity index (χ0n) is 15.5. The van der Waals surface area contributed by atoms with E-state index in [1.807, 2.05) is 0 Å². The molecule has 0 saturated heterocycles. The smallest absolute Gasteiger partial charge is 0.0484 e. The zero-order valence-corrected chi connectivity index (χ0v) is 15.5. The Balaban J connectivity index is 1.58. The van der Waals surface area contributed by atoms with Gasteiger partial charge in [0.15, 0.2) is 0 Å². The molecule has 0 spiro atoms. The van der Waals surface area contributed by atoms with Crippen LogP contribution in [-0.4, -0.2) is 25.4 Å². The second-order valence-corrected chi connectivity index (χ2v) is 8.53. The van der Waals surface area contributed by atoms with Crippen molar-refractivity contribution in [3.05, 3.63) is 34.9 Å². The number of rotatable bonds is 7. The van der Waals surface area contributed by atoms with Crippen molar-refractivity contribution in [3.63, 3.8) is 0 Å². The molecule has 0 bridgehead atoms. The minimum atomic E-state index is 0.147. The van der Waals surface area contributed by atoms with Crippen molar-refractivity contribution >= 4 is 0 Å². The van der Waals surface area contributed by atoms with Crippen molar-refractivity contribution in [2.24, 2.45) is 11.3 Å². The number of aryl methyl sites for hydroxylation is 1. The third-order valence-electron chi connectivity index (χ3n) is 6.46. The Labute approximate surface area is 147 Å². The van der Waals surface area contributed by atoms with Crippen molar-refractivity contribution in [3.8, 4) is 0 Å². The van der Waals surface area contributed by atoms with Crippen LogP contribution in [0.2, 0.25) is 0 Å². The summed E-state index contributed by atoms with van der Waals surface area (Å²) in [7, 11) is 1.79. The highest BCUT2D eigenvalue weighted by Gasteiger charge is 2.35. The number of ether oxygens (including phenoxy) is 1. The summed E-state index contributed by atoms with van der Waals surface area (Å²) in [6, 6.07) is 7.27. The Bertz CT molecular complexity index is 539. The molecule has 0 heterocycles. The molecule has 3 rings (SSSR count). The van der Waals surface area contributed by atoms with Crippen molar-refractivity contribution in [1.29, 1.82) is 0 Å². The van der Waals surface area contributed by atoms with Crippen LogP contribution in [0.1, 0.15) is 74.5 Å². The molecule has 24 heavy (non-hydrogen) atoms. The van der Waals surface area contributed by atoms with Crippen LogP contribution in [-0.2, 0) is 17.6 Å². The molecule has 1 unspecified atom stereocenters. The largest absolute Gasteiger partial charge is 0.396 e. The molecule has 0 aromatic heterocycles. The number of hydrogen-bond acceptors (Lipinski definition) is 2. The second kappa shape index (κ2) is 8.01. The first-order valence-corrected chi connectivity index (χ1v) is 9.85. The van der Waals surface area contributed by atoms with Gasteiger partial charge in [0.05, 0.1) is 0 Å². The van der Waals surface area contributed by atoms with Crippen LogP contribution >= 0.6 is 0 Å². The fourth-order valence-corrected chi connectivity index (χ4v) is 4.78. The van der Waals surface area contributed by atoms with Crippen molar-refractivity contribution in [1.82, 2.24) is 0 Å². The molecular formula is C22H34O2. The Hall–Kier alpha value is -0.860. The summed E-state index contributed by atoms with van der Waals surface area (Å²) < 4.78 is 5.16. The Morgan fingerprint density at radius 1 is 1.21 bits per heavy atom. The highest BCUT2D eigenvalue weighted by Crippen LogP contribution is 2.46. The number of unbranched alkanes of at least 4 members (excludes halogenated alkanes) is 1. The average molecular weight is 331 g/mol. The molecule has 1 saturated carbocycles. The Morgan fingerprint density at radius 3 is 2.83 bits per heavy atom. The summed E-state index contributed by atoms with van der Waals surface area (Å²) in [5, 5.41) is 9.61. The van der Waals surface area contributed by atoms with Crippen molar-refractivity contribution < 1.29 is 9.84 Å². The van der Waals surface area contributed by atoms with Gasteiger partial charge in [-0.3, -0.25) is 0 Å². The van der Waals surface area contributed by atoms with Crippen LogP contribution in [0.4, 0.5) is 0 Å². The molecule has 2 aliphatic carbocycles. The number of aliphatic hydroxyl groups excluding tert-OH is 1. The predicted molar refractivity (Wildman–Crippen MR) is 99.5 cm³/mol. The third kappa shape index (κ3) is 4.21. The molecule has 0 amide bonds. The van der Waals surface area contributed by atoms with Gasteiger partial charge in [-0.05, 0) is 78.9 Å². The summed E-state index contributed by atoms with van der Waals surface area (Å²) in [6.07, 6.45) is 11.3. The van der Waals surface area contributed by atoms with E-state index >= 15 is 0 Å². The fourth-order valence-electron chi connectivity index (χ4n) is 4.78.